The lowest BCUT2D eigenvalue weighted by atomic mass is 9.87. The van der Waals surface area contributed by atoms with Crippen molar-refractivity contribution in [1.29, 1.82) is 0 Å². The van der Waals surface area contributed by atoms with E-state index in [9.17, 15) is 0 Å². The van der Waals surface area contributed by atoms with Crippen LogP contribution in [-0.4, -0.2) is 13.3 Å². The first kappa shape index (κ1) is 16.1. The standard InChI is InChI=1S/C19H24N2O/c1-19(2,3)17-9-5-16(6-10-17)14-22-18-11-7-15(8-12-18)13-21-20-4/h5-13,20H,14H2,1-4H3/b21-13+. The van der Waals surface area contributed by atoms with E-state index in [2.05, 4.69) is 55.6 Å². The molecule has 0 bridgehead atoms. The smallest absolute Gasteiger partial charge is 0.119 e. The third kappa shape index (κ3) is 4.62. The van der Waals surface area contributed by atoms with Crippen LogP contribution in [0.4, 0.5) is 0 Å². The molecule has 2 rings (SSSR count). The van der Waals surface area contributed by atoms with Crippen LogP contribution in [0.2, 0.25) is 0 Å². The molecule has 0 spiro atoms. The summed E-state index contributed by atoms with van der Waals surface area (Å²) in [5.41, 5.74) is 6.47. The molecule has 22 heavy (non-hydrogen) atoms. The van der Waals surface area contributed by atoms with Crippen molar-refractivity contribution in [3.63, 3.8) is 0 Å². The van der Waals surface area contributed by atoms with E-state index in [1.54, 1.807) is 13.3 Å². The molecule has 0 radical (unpaired) electrons. The third-order valence-electron chi connectivity index (χ3n) is 3.45. The first-order valence-corrected chi connectivity index (χ1v) is 7.51. The van der Waals surface area contributed by atoms with Gasteiger partial charge < -0.3 is 10.2 Å². The molecule has 0 saturated carbocycles. The number of ether oxygens (including phenoxy) is 1. The first-order chi connectivity index (χ1) is 10.5. The van der Waals surface area contributed by atoms with Crippen LogP contribution in [0.25, 0.3) is 0 Å². The van der Waals surface area contributed by atoms with Gasteiger partial charge in [0.25, 0.3) is 0 Å². The molecule has 2 aromatic rings. The number of nitrogens with one attached hydrogen (secondary N) is 1. The number of rotatable bonds is 5. The first-order valence-electron chi connectivity index (χ1n) is 7.51. The molecule has 0 aliphatic rings. The number of benzene rings is 2. The van der Waals surface area contributed by atoms with Crippen molar-refractivity contribution in [2.45, 2.75) is 32.8 Å². The summed E-state index contributed by atoms with van der Waals surface area (Å²) in [7, 11) is 1.78. The molecule has 0 saturated heterocycles. The lowest BCUT2D eigenvalue weighted by Crippen LogP contribution is -2.10. The Balaban J connectivity index is 1.94. The fraction of sp³-hybridized carbons (Fsp3) is 0.316. The topological polar surface area (TPSA) is 33.6 Å². The zero-order valence-corrected chi connectivity index (χ0v) is 13.8. The van der Waals surface area contributed by atoms with Crippen LogP contribution in [0.15, 0.2) is 53.6 Å². The van der Waals surface area contributed by atoms with Crippen molar-refractivity contribution >= 4 is 6.21 Å². The van der Waals surface area contributed by atoms with Gasteiger partial charge in [-0.3, -0.25) is 0 Å². The minimum absolute atomic E-state index is 0.185. The Bertz CT molecular complexity index is 607. The second kappa shape index (κ2) is 7.12. The molecule has 0 fully saturated rings. The average Bonchev–Trinajstić information content (AvgIpc) is 2.51. The van der Waals surface area contributed by atoms with Gasteiger partial charge in [0.2, 0.25) is 0 Å². The quantitative estimate of drug-likeness (QED) is 0.665. The van der Waals surface area contributed by atoms with E-state index >= 15 is 0 Å². The van der Waals surface area contributed by atoms with Crippen molar-refractivity contribution in [2.75, 3.05) is 7.05 Å². The van der Waals surface area contributed by atoms with E-state index in [1.807, 2.05) is 24.3 Å². The second-order valence-electron chi connectivity index (χ2n) is 6.29. The highest BCUT2D eigenvalue weighted by atomic mass is 16.5. The van der Waals surface area contributed by atoms with Gasteiger partial charge in [-0.2, -0.15) is 5.10 Å². The molecule has 0 aliphatic heterocycles. The normalized spacial score (nSPS) is 11.6. The fourth-order valence-corrected chi connectivity index (χ4v) is 2.06. The molecule has 3 heteroatoms. The van der Waals surface area contributed by atoms with E-state index in [1.165, 1.54) is 11.1 Å². The molecule has 0 aromatic heterocycles. The van der Waals surface area contributed by atoms with Gasteiger partial charge in [0, 0.05) is 7.05 Å². The number of hydrogen-bond donors (Lipinski definition) is 1. The van der Waals surface area contributed by atoms with Crippen LogP contribution >= 0.6 is 0 Å². The van der Waals surface area contributed by atoms with Crippen molar-refractivity contribution < 1.29 is 4.74 Å². The molecule has 0 heterocycles. The fourth-order valence-electron chi connectivity index (χ4n) is 2.06. The van der Waals surface area contributed by atoms with E-state index in [0.717, 1.165) is 11.3 Å². The SMILES string of the molecule is CN/N=C/c1ccc(OCc2ccc(C(C)(C)C)cc2)cc1. The summed E-state index contributed by atoms with van der Waals surface area (Å²) in [4.78, 5) is 0. The highest BCUT2D eigenvalue weighted by molar-refractivity contribution is 5.79. The summed E-state index contributed by atoms with van der Waals surface area (Å²) < 4.78 is 5.82. The maximum Gasteiger partial charge on any atom is 0.119 e. The Hall–Kier alpha value is -2.29. The van der Waals surface area contributed by atoms with Gasteiger partial charge in [0.15, 0.2) is 0 Å². The lowest BCUT2D eigenvalue weighted by Gasteiger charge is -2.19. The molecular weight excluding hydrogens is 272 g/mol. The van der Waals surface area contributed by atoms with E-state index in [0.29, 0.717) is 6.61 Å². The van der Waals surface area contributed by atoms with Crippen LogP contribution in [-0.2, 0) is 12.0 Å². The zero-order chi connectivity index (χ0) is 16.0. The Labute approximate surface area is 133 Å². The van der Waals surface area contributed by atoms with Crippen LogP contribution in [0, 0.1) is 0 Å². The lowest BCUT2D eigenvalue weighted by molar-refractivity contribution is 0.306. The summed E-state index contributed by atoms with van der Waals surface area (Å²) in [5.74, 6) is 0.863. The minimum Gasteiger partial charge on any atom is -0.489 e. The van der Waals surface area contributed by atoms with Crippen molar-refractivity contribution in [2.24, 2.45) is 5.10 Å². The molecule has 0 aliphatic carbocycles. The molecule has 0 unspecified atom stereocenters. The predicted molar refractivity (Wildman–Crippen MR) is 92.6 cm³/mol. The summed E-state index contributed by atoms with van der Waals surface area (Å²) in [6, 6.07) is 16.5. The highest BCUT2D eigenvalue weighted by Gasteiger charge is 2.12. The van der Waals surface area contributed by atoms with Crippen molar-refractivity contribution in [3.05, 3.63) is 65.2 Å². The average molecular weight is 296 g/mol. The van der Waals surface area contributed by atoms with Gasteiger partial charge in [-0.1, -0.05) is 45.0 Å². The molecule has 2 aromatic carbocycles. The maximum atomic E-state index is 5.82. The Morgan fingerprint density at radius 1 is 1.00 bits per heavy atom. The molecule has 1 N–H and O–H groups in total. The Morgan fingerprint density at radius 3 is 2.18 bits per heavy atom. The predicted octanol–water partition coefficient (Wildman–Crippen LogP) is 4.12. The third-order valence-corrected chi connectivity index (χ3v) is 3.45. The summed E-state index contributed by atoms with van der Waals surface area (Å²) in [6.45, 7) is 7.24. The number of nitrogens with zero attached hydrogens (tertiary/aromatic N) is 1. The van der Waals surface area contributed by atoms with Crippen molar-refractivity contribution in [1.82, 2.24) is 5.43 Å². The number of hydrazone groups is 1. The van der Waals surface area contributed by atoms with E-state index in [-0.39, 0.29) is 5.41 Å². The summed E-state index contributed by atoms with van der Waals surface area (Å²) >= 11 is 0. The highest BCUT2D eigenvalue weighted by Crippen LogP contribution is 2.22. The summed E-state index contributed by atoms with van der Waals surface area (Å²) in [6.07, 6.45) is 1.77. The summed E-state index contributed by atoms with van der Waals surface area (Å²) in [5, 5.41) is 3.98. The molecular formula is C19H24N2O. The van der Waals surface area contributed by atoms with Crippen molar-refractivity contribution in [3.8, 4) is 5.75 Å². The molecule has 116 valence electrons. The Morgan fingerprint density at radius 2 is 1.64 bits per heavy atom. The number of hydrogen-bond acceptors (Lipinski definition) is 3. The molecule has 3 nitrogen and oxygen atoms in total. The molecule has 0 atom stereocenters. The van der Waals surface area contributed by atoms with E-state index < -0.39 is 0 Å². The molecule has 0 amide bonds. The Kier molecular flexibility index (Phi) is 5.21. The largest absolute Gasteiger partial charge is 0.489 e. The van der Waals surface area contributed by atoms with Gasteiger partial charge in [-0.25, -0.2) is 0 Å². The van der Waals surface area contributed by atoms with Gasteiger partial charge >= 0.3 is 0 Å². The van der Waals surface area contributed by atoms with Crippen LogP contribution < -0.4 is 10.2 Å². The van der Waals surface area contributed by atoms with Crippen LogP contribution in [0.5, 0.6) is 5.75 Å². The maximum absolute atomic E-state index is 5.82. The van der Waals surface area contributed by atoms with Gasteiger partial charge in [0.05, 0.1) is 6.21 Å². The minimum atomic E-state index is 0.185. The monoisotopic (exact) mass is 296 g/mol. The van der Waals surface area contributed by atoms with Crippen LogP contribution in [0.3, 0.4) is 0 Å². The van der Waals surface area contributed by atoms with Gasteiger partial charge in [-0.15, -0.1) is 0 Å². The zero-order valence-electron chi connectivity index (χ0n) is 13.8. The second-order valence-corrected chi connectivity index (χ2v) is 6.29. The van der Waals surface area contributed by atoms with Crippen LogP contribution in [0.1, 0.15) is 37.5 Å². The van der Waals surface area contributed by atoms with Gasteiger partial charge in [0.1, 0.15) is 12.4 Å². The van der Waals surface area contributed by atoms with E-state index in [4.69, 9.17) is 4.74 Å². The van der Waals surface area contributed by atoms with Gasteiger partial charge in [-0.05, 0) is 46.4 Å².